The largest absolute Gasteiger partial charge is 0.496 e. The lowest BCUT2D eigenvalue weighted by Gasteiger charge is -2.13. The molecule has 0 saturated carbocycles. The van der Waals surface area contributed by atoms with Crippen molar-refractivity contribution in [1.29, 1.82) is 0 Å². The number of rotatable bonds is 5. The van der Waals surface area contributed by atoms with Crippen LogP contribution in [0.15, 0.2) is 18.2 Å². The molecule has 1 rings (SSSR count). The summed E-state index contributed by atoms with van der Waals surface area (Å²) in [5.74, 6) is 0.949. The number of hydrogen-bond acceptors (Lipinski definition) is 3. The molecule has 0 fully saturated rings. The van der Waals surface area contributed by atoms with Gasteiger partial charge in [-0.2, -0.15) is 0 Å². The van der Waals surface area contributed by atoms with Gasteiger partial charge in [0.2, 0.25) is 0 Å². The molecular formula is C12H18O3. The highest BCUT2D eigenvalue weighted by Crippen LogP contribution is 2.25. The third-order valence-electron chi connectivity index (χ3n) is 2.45. The Morgan fingerprint density at radius 2 is 2.07 bits per heavy atom. The molecule has 0 radical (unpaired) electrons. The van der Waals surface area contributed by atoms with E-state index in [1.807, 2.05) is 25.1 Å². The van der Waals surface area contributed by atoms with Crippen molar-refractivity contribution in [3.8, 4) is 5.75 Å². The van der Waals surface area contributed by atoms with Crippen molar-refractivity contribution in [2.45, 2.75) is 19.4 Å². The highest BCUT2D eigenvalue weighted by molar-refractivity contribution is 5.38. The number of ether oxygens (including phenoxy) is 2. The Hall–Kier alpha value is -1.06. The van der Waals surface area contributed by atoms with Crippen LogP contribution in [0.3, 0.4) is 0 Å². The molecule has 0 amide bonds. The first kappa shape index (κ1) is 12.0. The zero-order valence-electron chi connectivity index (χ0n) is 9.49. The Labute approximate surface area is 90.6 Å². The molecular weight excluding hydrogens is 192 g/mol. The van der Waals surface area contributed by atoms with Gasteiger partial charge in [0.05, 0.1) is 13.7 Å². The standard InChI is InChI=1S/C12H18O3/c1-9(7-13)10-4-5-11(8-14-2)12(6-10)15-3/h4-6,9,13H,7-8H2,1-3H3. The van der Waals surface area contributed by atoms with Gasteiger partial charge in [-0.1, -0.05) is 19.1 Å². The molecule has 0 aliphatic heterocycles. The van der Waals surface area contributed by atoms with Crippen molar-refractivity contribution in [3.05, 3.63) is 29.3 Å². The number of aliphatic hydroxyl groups is 1. The molecule has 0 bridgehead atoms. The molecule has 1 aromatic carbocycles. The van der Waals surface area contributed by atoms with Gasteiger partial charge in [0.25, 0.3) is 0 Å². The first-order valence-corrected chi connectivity index (χ1v) is 4.99. The maximum atomic E-state index is 9.06. The predicted octanol–water partition coefficient (Wildman–Crippen LogP) is 1.94. The van der Waals surface area contributed by atoms with Crippen molar-refractivity contribution in [1.82, 2.24) is 0 Å². The number of aliphatic hydroxyl groups excluding tert-OH is 1. The highest BCUT2D eigenvalue weighted by Gasteiger charge is 2.08. The fourth-order valence-electron chi connectivity index (χ4n) is 1.45. The topological polar surface area (TPSA) is 38.7 Å². The predicted molar refractivity (Wildman–Crippen MR) is 59.2 cm³/mol. The summed E-state index contributed by atoms with van der Waals surface area (Å²) in [4.78, 5) is 0. The van der Waals surface area contributed by atoms with Crippen LogP contribution in [0.4, 0.5) is 0 Å². The van der Waals surface area contributed by atoms with Crippen LogP contribution in [0.2, 0.25) is 0 Å². The summed E-state index contributed by atoms with van der Waals surface area (Å²) in [5.41, 5.74) is 2.10. The Bertz CT molecular complexity index is 310. The molecule has 3 heteroatoms. The molecule has 0 spiro atoms. The molecule has 3 nitrogen and oxygen atoms in total. The van der Waals surface area contributed by atoms with Crippen LogP contribution in [0, 0.1) is 0 Å². The fourth-order valence-corrected chi connectivity index (χ4v) is 1.45. The van der Waals surface area contributed by atoms with Crippen molar-refractivity contribution in [3.63, 3.8) is 0 Å². The van der Waals surface area contributed by atoms with E-state index in [9.17, 15) is 0 Å². The van der Waals surface area contributed by atoms with Crippen LogP contribution in [-0.4, -0.2) is 25.9 Å². The van der Waals surface area contributed by atoms with Gasteiger partial charge < -0.3 is 14.6 Å². The van der Waals surface area contributed by atoms with E-state index in [-0.39, 0.29) is 12.5 Å². The highest BCUT2D eigenvalue weighted by atomic mass is 16.5. The van der Waals surface area contributed by atoms with Crippen LogP contribution >= 0.6 is 0 Å². The zero-order valence-corrected chi connectivity index (χ0v) is 9.49. The summed E-state index contributed by atoms with van der Waals surface area (Å²) >= 11 is 0. The van der Waals surface area contributed by atoms with E-state index in [1.165, 1.54) is 0 Å². The van der Waals surface area contributed by atoms with Crippen LogP contribution in [-0.2, 0) is 11.3 Å². The van der Waals surface area contributed by atoms with E-state index in [0.717, 1.165) is 16.9 Å². The average molecular weight is 210 g/mol. The normalized spacial score (nSPS) is 12.5. The summed E-state index contributed by atoms with van der Waals surface area (Å²) in [6, 6.07) is 5.93. The maximum Gasteiger partial charge on any atom is 0.124 e. The SMILES string of the molecule is COCc1ccc(C(C)CO)cc1OC. The van der Waals surface area contributed by atoms with Gasteiger partial charge in [0, 0.05) is 25.2 Å². The van der Waals surface area contributed by atoms with E-state index in [4.69, 9.17) is 14.6 Å². The van der Waals surface area contributed by atoms with Gasteiger partial charge in [-0.25, -0.2) is 0 Å². The lowest BCUT2D eigenvalue weighted by molar-refractivity contribution is 0.181. The molecule has 0 saturated heterocycles. The lowest BCUT2D eigenvalue weighted by Crippen LogP contribution is -2.01. The van der Waals surface area contributed by atoms with Crippen LogP contribution < -0.4 is 4.74 Å². The molecule has 84 valence electrons. The quantitative estimate of drug-likeness (QED) is 0.807. The third kappa shape index (κ3) is 2.94. The van der Waals surface area contributed by atoms with E-state index in [0.29, 0.717) is 6.61 Å². The van der Waals surface area contributed by atoms with Gasteiger partial charge in [0.15, 0.2) is 0 Å². The summed E-state index contributed by atoms with van der Waals surface area (Å²) in [5, 5.41) is 9.06. The number of hydrogen-bond donors (Lipinski definition) is 1. The zero-order chi connectivity index (χ0) is 11.3. The second kappa shape index (κ2) is 5.73. The molecule has 1 unspecified atom stereocenters. The van der Waals surface area contributed by atoms with Crippen molar-refractivity contribution in [2.75, 3.05) is 20.8 Å². The smallest absolute Gasteiger partial charge is 0.124 e. The van der Waals surface area contributed by atoms with Gasteiger partial charge in [-0.3, -0.25) is 0 Å². The number of methoxy groups -OCH3 is 2. The summed E-state index contributed by atoms with van der Waals surface area (Å²) in [6.45, 7) is 2.66. The van der Waals surface area contributed by atoms with Gasteiger partial charge in [-0.15, -0.1) is 0 Å². The molecule has 0 aromatic heterocycles. The van der Waals surface area contributed by atoms with Crippen LogP contribution in [0.5, 0.6) is 5.75 Å². The van der Waals surface area contributed by atoms with E-state index in [2.05, 4.69) is 0 Å². The second-order valence-corrected chi connectivity index (χ2v) is 3.59. The summed E-state index contributed by atoms with van der Waals surface area (Å²) in [7, 11) is 3.30. The van der Waals surface area contributed by atoms with E-state index in [1.54, 1.807) is 14.2 Å². The maximum absolute atomic E-state index is 9.06. The Morgan fingerprint density at radius 3 is 2.60 bits per heavy atom. The van der Waals surface area contributed by atoms with Crippen molar-refractivity contribution >= 4 is 0 Å². The molecule has 15 heavy (non-hydrogen) atoms. The molecule has 0 heterocycles. The molecule has 1 atom stereocenters. The fraction of sp³-hybridized carbons (Fsp3) is 0.500. The van der Waals surface area contributed by atoms with Gasteiger partial charge in [-0.05, 0) is 11.6 Å². The number of benzene rings is 1. The third-order valence-corrected chi connectivity index (χ3v) is 2.45. The molecule has 1 aromatic rings. The first-order valence-electron chi connectivity index (χ1n) is 4.99. The van der Waals surface area contributed by atoms with Crippen LogP contribution in [0.1, 0.15) is 24.0 Å². The van der Waals surface area contributed by atoms with Crippen molar-refractivity contribution < 1.29 is 14.6 Å². The van der Waals surface area contributed by atoms with Crippen LogP contribution in [0.25, 0.3) is 0 Å². The van der Waals surface area contributed by atoms with E-state index < -0.39 is 0 Å². The Balaban J connectivity index is 2.96. The Kier molecular flexibility index (Phi) is 4.59. The van der Waals surface area contributed by atoms with Crippen molar-refractivity contribution in [2.24, 2.45) is 0 Å². The minimum atomic E-state index is 0.135. The summed E-state index contributed by atoms with van der Waals surface area (Å²) < 4.78 is 10.3. The molecule has 0 aliphatic rings. The molecule has 0 aliphatic carbocycles. The minimum absolute atomic E-state index is 0.135. The Morgan fingerprint density at radius 1 is 1.33 bits per heavy atom. The first-order chi connectivity index (χ1) is 7.22. The minimum Gasteiger partial charge on any atom is -0.496 e. The monoisotopic (exact) mass is 210 g/mol. The van der Waals surface area contributed by atoms with Gasteiger partial charge >= 0.3 is 0 Å². The second-order valence-electron chi connectivity index (χ2n) is 3.59. The van der Waals surface area contributed by atoms with Gasteiger partial charge in [0.1, 0.15) is 5.75 Å². The lowest BCUT2D eigenvalue weighted by atomic mass is 10.00. The summed E-state index contributed by atoms with van der Waals surface area (Å²) in [6.07, 6.45) is 0. The average Bonchev–Trinajstić information content (AvgIpc) is 2.29. The van der Waals surface area contributed by atoms with E-state index >= 15 is 0 Å². The molecule has 1 N–H and O–H groups in total.